The molecule has 4 nitrogen and oxygen atoms in total. The predicted molar refractivity (Wildman–Crippen MR) is 105 cm³/mol. The molecule has 0 aliphatic heterocycles. The maximum atomic E-state index is 12.1. The molecule has 0 radical (unpaired) electrons. The summed E-state index contributed by atoms with van der Waals surface area (Å²) in [6.07, 6.45) is 15.2. The molecule has 4 heteroatoms. The smallest absolute Gasteiger partial charge is 0.309 e. The Kier molecular flexibility index (Phi) is 10.9. The van der Waals surface area contributed by atoms with Crippen molar-refractivity contribution in [3.05, 3.63) is 0 Å². The van der Waals surface area contributed by atoms with Crippen molar-refractivity contribution in [3.63, 3.8) is 0 Å². The minimum Gasteiger partial charge on any atom is -0.481 e. The van der Waals surface area contributed by atoms with Crippen molar-refractivity contribution in [1.29, 1.82) is 0 Å². The maximum absolute atomic E-state index is 12.1. The molecule has 0 heterocycles. The maximum Gasteiger partial charge on any atom is 0.309 e. The fourth-order valence-corrected chi connectivity index (χ4v) is 4.81. The standard InChI is InChI=1S/C22H40O4/c1-3-5-6-7-8-9-10-11-12-13-19-17-18(20(23)24)14-16-22(19,15-4-2)21(25)26/h18-19H,3-17H2,1-2H3,(H,23,24)(H,25,26). The first kappa shape index (κ1) is 23.0. The van der Waals surface area contributed by atoms with E-state index in [1.807, 2.05) is 6.92 Å². The highest BCUT2D eigenvalue weighted by Crippen LogP contribution is 2.49. The minimum atomic E-state index is -0.752. The molecule has 1 saturated carbocycles. The van der Waals surface area contributed by atoms with Crippen LogP contribution in [0.1, 0.15) is 110 Å². The summed E-state index contributed by atoms with van der Waals surface area (Å²) in [6.45, 7) is 4.26. The molecule has 3 unspecified atom stereocenters. The summed E-state index contributed by atoms with van der Waals surface area (Å²) < 4.78 is 0. The Morgan fingerprint density at radius 2 is 1.46 bits per heavy atom. The summed E-state index contributed by atoms with van der Waals surface area (Å²) in [6, 6.07) is 0. The van der Waals surface area contributed by atoms with Crippen molar-refractivity contribution in [3.8, 4) is 0 Å². The molecule has 0 spiro atoms. The van der Waals surface area contributed by atoms with E-state index in [0.29, 0.717) is 25.7 Å². The molecule has 1 fully saturated rings. The van der Waals surface area contributed by atoms with E-state index >= 15 is 0 Å². The van der Waals surface area contributed by atoms with Gasteiger partial charge in [-0.25, -0.2) is 0 Å². The van der Waals surface area contributed by atoms with Gasteiger partial charge in [-0.2, -0.15) is 0 Å². The van der Waals surface area contributed by atoms with Crippen molar-refractivity contribution < 1.29 is 19.8 Å². The summed E-state index contributed by atoms with van der Waals surface area (Å²) >= 11 is 0. The molecule has 26 heavy (non-hydrogen) atoms. The van der Waals surface area contributed by atoms with Crippen molar-refractivity contribution in [2.75, 3.05) is 0 Å². The second kappa shape index (κ2) is 12.3. The molecule has 0 aromatic heterocycles. The highest BCUT2D eigenvalue weighted by molar-refractivity contribution is 5.76. The average molecular weight is 369 g/mol. The van der Waals surface area contributed by atoms with Gasteiger partial charge in [-0.05, 0) is 38.0 Å². The topological polar surface area (TPSA) is 74.6 Å². The summed E-state index contributed by atoms with van der Waals surface area (Å²) in [5, 5.41) is 19.3. The number of rotatable bonds is 14. The van der Waals surface area contributed by atoms with Gasteiger partial charge in [-0.1, -0.05) is 78.1 Å². The van der Waals surface area contributed by atoms with Crippen molar-refractivity contribution in [2.45, 2.75) is 110 Å². The highest BCUT2D eigenvalue weighted by Gasteiger charge is 2.49. The molecule has 3 atom stereocenters. The van der Waals surface area contributed by atoms with Gasteiger partial charge in [0.25, 0.3) is 0 Å². The van der Waals surface area contributed by atoms with E-state index in [0.717, 1.165) is 25.7 Å². The zero-order valence-electron chi connectivity index (χ0n) is 17.0. The zero-order chi connectivity index (χ0) is 19.4. The van der Waals surface area contributed by atoms with Gasteiger partial charge in [0.1, 0.15) is 0 Å². The van der Waals surface area contributed by atoms with Crippen LogP contribution in [0.3, 0.4) is 0 Å². The van der Waals surface area contributed by atoms with Gasteiger partial charge >= 0.3 is 11.9 Å². The third-order valence-corrected chi connectivity index (χ3v) is 6.42. The molecule has 1 aliphatic rings. The molecule has 1 rings (SSSR count). The number of carboxylic acids is 2. The Hall–Kier alpha value is -1.06. The van der Waals surface area contributed by atoms with Gasteiger partial charge in [-0.3, -0.25) is 9.59 Å². The van der Waals surface area contributed by atoms with Gasteiger partial charge in [0.15, 0.2) is 0 Å². The van der Waals surface area contributed by atoms with Crippen LogP contribution in [0.5, 0.6) is 0 Å². The fraction of sp³-hybridized carbons (Fsp3) is 0.909. The van der Waals surface area contributed by atoms with E-state index in [1.54, 1.807) is 0 Å². The lowest BCUT2D eigenvalue weighted by Gasteiger charge is -2.43. The Labute approximate surface area is 159 Å². The van der Waals surface area contributed by atoms with Gasteiger partial charge in [0, 0.05) is 0 Å². The van der Waals surface area contributed by atoms with Crippen LogP contribution in [0.4, 0.5) is 0 Å². The highest BCUT2D eigenvalue weighted by atomic mass is 16.4. The molecule has 2 N–H and O–H groups in total. The van der Waals surface area contributed by atoms with E-state index < -0.39 is 17.4 Å². The molecule has 0 aromatic rings. The van der Waals surface area contributed by atoms with Gasteiger partial charge in [-0.15, -0.1) is 0 Å². The lowest BCUT2D eigenvalue weighted by atomic mass is 9.60. The van der Waals surface area contributed by atoms with Crippen LogP contribution in [0.25, 0.3) is 0 Å². The Morgan fingerprint density at radius 1 is 0.885 bits per heavy atom. The molecule has 0 aromatic carbocycles. The van der Waals surface area contributed by atoms with Crippen LogP contribution in [0.15, 0.2) is 0 Å². The van der Waals surface area contributed by atoms with Crippen LogP contribution >= 0.6 is 0 Å². The van der Waals surface area contributed by atoms with Crippen molar-refractivity contribution >= 4 is 11.9 Å². The van der Waals surface area contributed by atoms with Crippen molar-refractivity contribution in [1.82, 2.24) is 0 Å². The number of hydrogen-bond donors (Lipinski definition) is 2. The third-order valence-electron chi connectivity index (χ3n) is 6.42. The van der Waals surface area contributed by atoms with E-state index in [4.69, 9.17) is 0 Å². The summed E-state index contributed by atoms with van der Waals surface area (Å²) in [5.41, 5.74) is -0.694. The molecule has 152 valence electrons. The van der Waals surface area contributed by atoms with Crippen LogP contribution in [0, 0.1) is 17.3 Å². The first-order valence-electron chi connectivity index (χ1n) is 10.9. The molecule has 0 saturated heterocycles. The average Bonchev–Trinajstić information content (AvgIpc) is 2.61. The monoisotopic (exact) mass is 368 g/mol. The number of aliphatic carboxylic acids is 2. The van der Waals surface area contributed by atoms with Gasteiger partial charge in [0.05, 0.1) is 11.3 Å². The number of unbranched alkanes of at least 4 members (excludes halogenated alkanes) is 8. The molecular weight excluding hydrogens is 328 g/mol. The Bertz CT molecular complexity index is 420. The number of carbonyl (C=O) groups is 2. The Morgan fingerprint density at radius 3 is 1.96 bits per heavy atom. The van der Waals surface area contributed by atoms with E-state index in [2.05, 4.69) is 6.92 Å². The van der Waals surface area contributed by atoms with E-state index in [9.17, 15) is 19.8 Å². The van der Waals surface area contributed by atoms with E-state index in [-0.39, 0.29) is 11.8 Å². The van der Waals surface area contributed by atoms with Gasteiger partial charge < -0.3 is 10.2 Å². The summed E-state index contributed by atoms with van der Waals surface area (Å²) in [7, 11) is 0. The first-order chi connectivity index (χ1) is 12.5. The molecule has 1 aliphatic carbocycles. The third kappa shape index (κ3) is 6.92. The fourth-order valence-electron chi connectivity index (χ4n) is 4.81. The number of carboxylic acid groups (broad SMARTS) is 2. The second-order valence-electron chi connectivity index (χ2n) is 8.33. The van der Waals surface area contributed by atoms with Gasteiger partial charge in [0.2, 0.25) is 0 Å². The van der Waals surface area contributed by atoms with Crippen LogP contribution in [-0.4, -0.2) is 22.2 Å². The summed E-state index contributed by atoms with van der Waals surface area (Å²) in [5.74, 6) is -1.80. The van der Waals surface area contributed by atoms with Crippen LogP contribution in [0.2, 0.25) is 0 Å². The van der Waals surface area contributed by atoms with E-state index in [1.165, 1.54) is 44.9 Å². The van der Waals surface area contributed by atoms with Crippen molar-refractivity contribution in [2.24, 2.45) is 17.3 Å². The SMILES string of the molecule is CCCCCCCCCCCC1CC(C(=O)O)CCC1(CCC)C(=O)O. The predicted octanol–water partition coefficient (Wildman–Crippen LogP) is 6.28. The molecular formula is C22H40O4. The Balaban J connectivity index is 2.46. The quantitative estimate of drug-likeness (QED) is 0.354. The van der Waals surface area contributed by atoms with Crippen LogP contribution in [-0.2, 0) is 9.59 Å². The largest absolute Gasteiger partial charge is 0.481 e. The zero-order valence-corrected chi connectivity index (χ0v) is 17.0. The lowest BCUT2D eigenvalue weighted by molar-refractivity contribution is -0.161. The van der Waals surface area contributed by atoms with Crippen LogP contribution < -0.4 is 0 Å². The number of hydrogen-bond acceptors (Lipinski definition) is 2. The molecule has 0 amide bonds. The first-order valence-corrected chi connectivity index (χ1v) is 10.9. The minimum absolute atomic E-state index is 0.0133. The lowest BCUT2D eigenvalue weighted by Crippen LogP contribution is -2.44. The normalized spacial score (nSPS) is 25.9. The molecule has 0 bridgehead atoms. The summed E-state index contributed by atoms with van der Waals surface area (Å²) in [4.78, 5) is 23.5. The second-order valence-corrected chi connectivity index (χ2v) is 8.33.